The lowest BCUT2D eigenvalue weighted by Gasteiger charge is -2.24. The molecule has 4 rings (SSSR count). The van der Waals surface area contributed by atoms with E-state index in [0.29, 0.717) is 11.1 Å². The molecule has 4 aromatic rings. The number of benzene rings is 3. The number of carbonyl (C=O) groups excluding carboxylic acids is 1. The maximum absolute atomic E-state index is 13.4. The molecule has 0 fully saturated rings. The molecule has 144 valence electrons. The Hall–Kier alpha value is -3.66. The molecule has 0 radical (unpaired) electrons. The summed E-state index contributed by atoms with van der Waals surface area (Å²) in [5.74, 6) is -0.125. The molecular formula is C25H22N2O2. The molecule has 1 amide bonds. The van der Waals surface area contributed by atoms with Gasteiger partial charge in [0.25, 0.3) is 11.5 Å². The number of aromatic nitrogens is 1. The fraction of sp³-hybridized carbons (Fsp3) is 0.120. The van der Waals surface area contributed by atoms with Crippen LogP contribution in [0.25, 0.3) is 10.9 Å². The third kappa shape index (κ3) is 3.83. The number of fused-ring (bicyclic) bond motifs is 1. The summed E-state index contributed by atoms with van der Waals surface area (Å²) in [6.07, 6.45) is 0. The smallest absolute Gasteiger partial charge is 0.258 e. The summed E-state index contributed by atoms with van der Waals surface area (Å²) in [6, 6.07) is 24.8. The minimum Gasteiger partial charge on any atom is -0.322 e. The summed E-state index contributed by atoms with van der Waals surface area (Å²) in [4.78, 5) is 30.7. The molecule has 0 saturated carbocycles. The molecule has 4 heteroatoms. The van der Waals surface area contributed by atoms with Gasteiger partial charge < -0.3 is 9.88 Å². The van der Waals surface area contributed by atoms with E-state index in [1.807, 2.05) is 92.7 Å². The van der Waals surface area contributed by atoms with Crippen molar-refractivity contribution in [3.63, 3.8) is 0 Å². The first-order chi connectivity index (χ1) is 14.0. The molecule has 0 bridgehead atoms. The molecule has 1 N–H and O–H groups in total. The molecule has 0 saturated heterocycles. The maximum Gasteiger partial charge on any atom is 0.258 e. The van der Waals surface area contributed by atoms with Gasteiger partial charge in [-0.2, -0.15) is 0 Å². The molecule has 0 unspecified atom stereocenters. The number of pyridine rings is 1. The molecular weight excluding hydrogens is 360 g/mol. The minimum atomic E-state index is -0.182. The van der Waals surface area contributed by atoms with Gasteiger partial charge in [-0.05, 0) is 55.1 Å². The first-order valence-corrected chi connectivity index (χ1v) is 9.58. The minimum absolute atomic E-state index is 0.125. The fourth-order valence-corrected chi connectivity index (χ4v) is 3.44. The first-order valence-electron chi connectivity index (χ1n) is 9.58. The van der Waals surface area contributed by atoms with Crippen LogP contribution in [0.3, 0.4) is 0 Å². The Balaban J connectivity index is 1.80. The quantitative estimate of drug-likeness (QED) is 0.540. The van der Waals surface area contributed by atoms with Crippen molar-refractivity contribution in [2.45, 2.75) is 20.4 Å². The number of nitrogens with zero attached hydrogens (tertiary/aromatic N) is 1. The van der Waals surface area contributed by atoms with Gasteiger partial charge in [-0.3, -0.25) is 9.59 Å². The zero-order valence-corrected chi connectivity index (χ0v) is 16.5. The predicted octanol–water partition coefficient (Wildman–Crippen LogP) is 4.99. The Morgan fingerprint density at radius 2 is 1.59 bits per heavy atom. The molecule has 3 aromatic carbocycles. The van der Waals surface area contributed by atoms with E-state index in [1.54, 1.807) is 4.90 Å². The summed E-state index contributed by atoms with van der Waals surface area (Å²) in [5.41, 5.74) is 4.56. The third-order valence-corrected chi connectivity index (χ3v) is 5.13. The highest BCUT2D eigenvalue weighted by molar-refractivity contribution is 6.07. The largest absolute Gasteiger partial charge is 0.322 e. The Morgan fingerprint density at radius 1 is 0.897 bits per heavy atom. The number of carbonyl (C=O) groups is 1. The van der Waals surface area contributed by atoms with Gasteiger partial charge >= 0.3 is 0 Å². The Bertz CT molecular complexity index is 1240. The van der Waals surface area contributed by atoms with Crippen LogP contribution in [0.5, 0.6) is 0 Å². The highest BCUT2D eigenvalue weighted by Gasteiger charge is 2.21. The second-order valence-corrected chi connectivity index (χ2v) is 7.25. The van der Waals surface area contributed by atoms with Crippen LogP contribution in [0.4, 0.5) is 5.69 Å². The van der Waals surface area contributed by atoms with Crippen LogP contribution in [-0.4, -0.2) is 10.9 Å². The van der Waals surface area contributed by atoms with Gasteiger partial charge in [0.2, 0.25) is 0 Å². The van der Waals surface area contributed by atoms with Gasteiger partial charge in [0.1, 0.15) is 0 Å². The number of amides is 1. The van der Waals surface area contributed by atoms with Crippen molar-refractivity contribution in [3.8, 4) is 0 Å². The van der Waals surface area contributed by atoms with E-state index in [2.05, 4.69) is 4.98 Å². The van der Waals surface area contributed by atoms with Crippen LogP contribution in [0, 0.1) is 13.8 Å². The molecule has 29 heavy (non-hydrogen) atoms. The van der Waals surface area contributed by atoms with Gasteiger partial charge in [0, 0.05) is 22.3 Å². The van der Waals surface area contributed by atoms with Crippen molar-refractivity contribution in [2.75, 3.05) is 4.90 Å². The molecule has 0 spiro atoms. The molecule has 0 aliphatic heterocycles. The van der Waals surface area contributed by atoms with E-state index in [9.17, 15) is 9.59 Å². The van der Waals surface area contributed by atoms with Gasteiger partial charge in [-0.1, -0.05) is 54.1 Å². The van der Waals surface area contributed by atoms with E-state index in [4.69, 9.17) is 0 Å². The predicted molar refractivity (Wildman–Crippen MR) is 117 cm³/mol. The second kappa shape index (κ2) is 7.76. The number of aryl methyl sites for hydroxylation is 2. The summed E-state index contributed by atoms with van der Waals surface area (Å²) in [6.45, 7) is 4.12. The lowest BCUT2D eigenvalue weighted by Crippen LogP contribution is -2.33. The molecule has 0 atom stereocenters. The average Bonchev–Trinajstić information content (AvgIpc) is 2.73. The number of hydrogen-bond acceptors (Lipinski definition) is 2. The first kappa shape index (κ1) is 18.7. The Morgan fingerprint density at radius 3 is 2.34 bits per heavy atom. The van der Waals surface area contributed by atoms with Gasteiger partial charge in [-0.15, -0.1) is 0 Å². The van der Waals surface area contributed by atoms with Crippen molar-refractivity contribution in [1.29, 1.82) is 0 Å². The van der Waals surface area contributed by atoms with Crippen molar-refractivity contribution < 1.29 is 4.79 Å². The zero-order valence-electron chi connectivity index (χ0n) is 16.5. The third-order valence-electron chi connectivity index (χ3n) is 5.13. The molecule has 0 aliphatic rings. The van der Waals surface area contributed by atoms with Crippen molar-refractivity contribution in [2.24, 2.45) is 0 Å². The summed E-state index contributed by atoms with van der Waals surface area (Å²) < 4.78 is 0. The number of hydrogen-bond donors (Lipinski definition) is 1. The SMILES string of the molecule is Cc1ccc(N(Cc2cc3ccccc3[nH]c2=O)C(=O)c2ccccc2C)cc1. The number of para-hydroxylation sites is 1. The topological polar surface area (TPSA) is 53.2 Å². The lowest BCUT2D eigenvalue weighted by atomic mass is 10.1. The maximum atomic E-state index is 13.4. The molecule has 1 heterocycles. The van der Waals surface area contributed by atoms with Gasteiger partial charge in [0.15, 0.2) is 0 Å². The lowest BCUT2D eigenvalue weighted by molar-refractivity contribution is 0.0984. The molecule has 0 aliphatic carbocycles. The van der Waals surface area contributed by atoms with E-state index in [-0.39, 0.29) is 18.0 Å². The number of anilines is 1. The van der Waals surface area contributed by atoms with Crippen molar-refractivity contribution in [1.82, 2.24) is 4.98 Å². The number of H-pyrrole nitrogens is 1. The normalized spacial score (nSPS) is 10.8. The van der Waals surface area contributed by atoms with Gasteiger partial charge in [0.05, 0.1) is 6.54 Å². The van der Waals surface area contributed by atoms with Gasteiger partial charge in [-0.25, -0.2) is 0 Å². The van der Waals surface area contributed by atoms with E-state index >= 15 is 0 Å². The summed E-state index contributed by atoms with van der Waals surface area (Å²) >= 11 is 0. The zero-order chi connectivity index (χ0) is 20.4. The van der Waals surface area contributed by atoms with E-state index < -0.39 is 0 Å². The average molecular weight is 382 g/mol. The van der Waals surface area contributed by atoms with Crippen LogP contribution in [-0.2, 0) is 6.54 Å². The van der Waals surface area contributed by atoms with Crippen LogP contribution >= 0.6 is 0 Å². The van der Waals surface area contributed by atoms with E-state index in [0.717, 1.165) is 27.7 Å². The fourth-order valence-electron chi connectivity index (χ4n) is 3.44. The Labute approximate surface area is 169 Å². The van der Waals surface area contributed by atoms with E-state index in [1.165, 1.54) is 0 Å². The second-order valence-electron chi connectivity index (χ2n) is 7.25. The highest BCUT2D eigenvalue weighted by Crippen LogP contribution is 2.22. The summed E-state index contributed by atoms with van der Waals surface area (Å²) in [5, 5.41) is 0.939. The van der Waals surface area contributed by atoms with Crippen molar-refractivity contribution >= 4 is 22.5 Å². The Kier molecular flexibility index (Phi) is 5.00. The molecule has 1 aromatic heterocycles. The molecule has 4 nitrogen and oxygen atoms in total. The monoisotopic (exact) mass is 382 g/mol. The van der Waals surface area contributed by atoms with Crippen LogP contribution < -0.4 is 10.5 Å². The summed E-state index contributed by atoms with van der Waals surface area (Å²) in [7, 11) is 0. The van der Waals surface area contributed by atoms with Crippen LogP contribution in [0.15, 0.2) is 83.7 Å². The standard InChI is InChI=1S/C25H22N2O2/c1-17-11-13-21(14-12-17)27(25(29)22-9-5-3-7-18(22)2)16-20-15-19-8-4-6-10-23(19)26-24(20)28/h3-15H,16H2,1-2H3,(H,26,28). The number of nitrogens with one attached hydrogen (secondary N) is 1. The number of aromatic amines is 1. The van der Waals surface area contributed by atoms with Crippen LogP contribution in [0.1, 0.15) is 27.0 Å². The van der Waals surface area contributed by atoms with Crippen molar-refractivity contribution in [3.05, 3.63) is 111 Å². The number of rotatable bonds is 4. The highest BCUT2D eigenvalue weighted by atomic mass is 16.2. The van der Waals surface area contributed by atoms with Crippen LogP contribution in [0.2, 0.25) is 0 Å².